The molecular weight excluding hydrogens is 358 g/mol. The van der Waals surface area contributed by atoms with Gasteiger partial charge in [-0.2, -0.15) is 5.26 Å². The first-order valence-electron chi connectivity index (χ1n) is 9.94. The van der Waals surface area contributed by atoms with Gasteiger partial charge < -0.3 is 20.1 Å². The molecule has 0 bridgehead atoms. The van der Waals surface area contributed by atoms with Crippen LogP contribution >= 0.6 is 0 Å². The average Bonchev–Trinajstić information content (AvgIpc) is 3.14. The van der Waals surface area contributed by atoms with Gasteiger partial charge in [0.25, 0.3) is 0 Å². The molecule has 0 radical (unpaired) electrons. The Bertz CT molecular complexity index is 745. The number of carbonyl (C=O) groups excluding carboxylic acids is 2. The lowest BCUT2D eigenvalue weighted by molar-refractivity contribution is -0.144. The molecule has 3 rings (SSSR count). The highest BCUT2D eigenvalue weighted by Crippen LogP contribution is 2.32. The summed E-state index contributed by atoms with van der Waals surface area (Å²) >= 11 is 0. The van der Waals surface area contributed by atoms with Crippen LogP contribution in [0.3, 0.4) is 0 Å². The van der Waals surface area contributed by atoms with Crippen LogP contribution in [0, 0.1) is 17.2 Å². The molecule has 0 aromatic heterocycles. The van der Waals surface area contributed by atoms with E-state index in [9.17, 15) is 14.7 Å². The predicted octanol–water partition coefficient (Wildman–Crippen LogP) is 2.06. The number of para-hydroxylation sites is 1. The molecule has 0 unspecified atom stereocenters. The van der Waals surface area contributed by atoms with E-state index in [-0.39, 0.29) is 42.7 Å². The number of amides is 2. The molecule has 1 aliphatic carbocycles. The van der Waals surface area contributed by atoms with Crippen molar-refractivity contribution >= 4 is 17.5 Å². The van der Waals surface area contributed by atoms with Crippen molar-refractivity contribution in [2.45, 2.75) is 50.7 Å². The molecule has 150 valence electrons. The molecule has 2 N–H and O–H groups in total. The first-order valence-corrected chi connectivity index (χ1v) is 9.94. The van der Waals surface area contributed by atoms with Gasteiger partial charge in [-0.3, -0.25) is 9.59 Å². The molecule has 2 aliphatic rings. The van der Waals surface area contributed by atoms with Gasteiger partial charge in [-0.25, -0.2) is 0 Å². The lowest BCUT2D eigenvalue weighted by atomic mass is 9.94. The molecule has 0 spiro atoms. The van der Waals surface area contributed by atoms with Crippen molar-refractivity contribution < 1.29 is 19.4 Å². The van der Waals surface area contributed by atoms with Gasteiger partial charge in [0.15, 0.2) is 0 Å². The highest BCUT2D eigenvalue weighted by Gasteiger charge is 2.39. The maximum Gasteiger partial charge on any atom is 0.224 e. The van der Waals surface area contributed by atoms with Gasteiger partial charge in [-0.05, 0) is 31.4 Å². The third kappa shape index (κ3) is 4.89. The molecule has 2 amide bonds. The molecule has 2 fully saturated rings. The third-order valence-electron chi connectivity index (χ3n) is 5.63. The van der Waals surface area contributed by atoms with Crippen LogP contribution in [0.2, 0.25) is 0 Å². The second-order valence-electron chi connectivity index (χ2n) is 7.45. The van der Waals surface area contributed by atoms with Crippen LogP contribution in [-0.2, 0) is 14.3 Å². The first kappa shape index (κ1) is 20.3. The molecule has 1 saturated heterocycles. The molecule has 1 saturated carbocycles. The molecular formula is C21H27N3O4. The van der Waals surface area contributed by atoms with Crippen LogP contribution in [0.15, 0.2) is 24.3 Å². The summed E-state index contributed by atoms with van der Waals surface area (Å²) in [5, 5.41) is 22.0. The Morgan fingerprint density at radius 1 is 1.29 bits per heavy atom. The van der Waals surface area contributed by atoms with Crippen molar-refractivity contribution in [2.24, 2.45) is 5.92 Å². The SMILES string of the molecule is N#Cc1ccccc1NC(=O)CCCC(=O)N1CCOC[C@@H]1[C@@H]1CCC[C@H]1O. The third-order valence-corrected chi connectivity index (χ3v) is 5.63. The number of aliphatic hydroxyl groups is 1. The summed E-state index contributed by atoms with van der Waals surface area (Å²) in [6.45, 7) is 1.52. The Morgan fingerprint density at radius 3 is 2.86 bits per heavy atom. The standard InChI is InChI=1S/C21H27N3O4/c22-13-15-5-1-2-7-17(15)23-20(26)9-4-10-21(27)24-11-12-28-14-18(24)16-6-3-8-19(16)25/h1-2,5,7,16,18-19,25H,3-4,6,8-12,14H2,(H,23,26)/t16-,18+,19+/m0/s1. The zero-order valence-corrected chi connectivity index (χ0v) is 16.0. The van der Waals surface area contributed by atoms with E-state index < -0.39 is 0 Å². The number of ether oxygens (including phenoxy) is 1. The summed E-state index contributed by atoms with van der Waals surface area (Å²) in [6, 6.07) is 8.81. The summed E-state index contributed by atoms with van der Waals surface area (Å²) in [5.74, 6) is -0.118. The Balaban J connectivity index is 1.49. The number of benzene rings is 1. The Kier molecular flexibility index (Phi) is 7.01. The van der Waals surface area contributed by atoms with Crippen molar-refractivity contribution in [1.82, 2.24) is 4.90 Å². The van der Waals surface area contributed by atoms with E-state index in [0.29, 0.717) is 37.4 Å². The molecule has 7 nitrogen and oxygen atoms in total. The number of nitrogens with one attached hydrogen (secondary N) is 1. The highest BCUT2D eigenvalue weighted by molar-refractivity contribution is 5.92. The number of hydrogen-bond donors (Lipinski definition) is 2. The first-order chi connectivity index (χ1) is 13.6. The minimum absolute atomic E-state index is 0.0117. The fourth-order valence-electron chi connectivity index (χ4n) is 4.15. The maximum absolute atomic E-state index is 12.7. The normalized spacial score (nSPS) is 24.6. The van der Waals surface area contributed by atoms with Gasteiger partial charge in [0.1, 0.15) is 6.07 Å². The fourth-order valence-corrected chi connectivity index (χ4v) is 4.15. The number of rotatable bonds is 6. The molecule has 1 aromatic carbocycles. The number of anilines is 1. The van der Waals surface area contributed by atoms with E-state index in [1.807, 2.05) is 11.0 Å². The second-order valence-corrected chi connectivity index (χ2v) is 7.45. The van der Waals surface area contributed by atoms with Crippen molar-refractivity contribution in [3.05, 3.63) is 29.8 Å². The number of carbonyl (C=O) groups is 2. The molecule has 1 aromatic rings. The van der Waals surface area contributed by atoms with Crippen LogP contribution in [0.1, 0.15) is 44.1 Å². The van der Waals surface area contributed by atoms with Gasteiger partial charge >= 0.3 is 0 Å². The van der Waals surface area contributed by atoms with Crippen LogP contribution in [-0.4, -0.2) is 53.7 Å². The number of nitrogens with zero attached hydrogens (tertiary/aromatic N) is 2. The van der Waals surface area contributed by atoms with Gasteiger partial charge in [0.2, 0.25) is 11.8 Å². The van der Waals surface area contributed by atoms with E-state index in [2.05, 4.69) is 5.32 Å². The number of aliphatic hydroxyl groups excluding tert-OH is 1. The maximum atomic E-state index is 12.7. The van der Waals surface area contributed by atoms with Crippen LogP contribution in [0.5, 0.6) is 0 Å². The minimum atomic E-state index is -0.368. The monoisotopic (exact) mass is 385 g/mol. The van der Waals surface area contributed by atoms with Gasteiger partial charge in [0.05, 0.1) is 36.6 Å². The topological polar surface area (TPSA) is 103 Å². The Hall–Kier alpha value is -2.43. The lowest BCUT2D eigenvalue weighted by Crippen LogP contribution is -2.53. The van der Waals surface area contributed by atoms with E-state index in [1.165, 1.54) is 0 Å². The van der Waals surface area contributed by atoms with Crippen LogP contribution in [0.25, 0.3) is 0 Å². The number of nitriles is 1. The average molecular weight is 385 g/mol. The number of morpholine rings is 1. The van der Waals surface area contributed by atoms with Crippen molar-refractivity contribution in [2.75, 3.05) is 25.1 Å². The molecule has 3 atom stereocenters. The zero-order valence-electron chi connectivity index (χ0n) is 16.0. The van der Waals surface area contributed by atoms with Crippen LogP contribution < -0.4 is 5.32 Å². The number of hydrogen-bond acceptors (Lipinski definition) is 5. The zero-order chi connectivity index (χ0) is 19.9. The summed E-state index contributed by atoms with van der Waals surface area (Å²) < 4.78 is 5.56. The van der Waals surface area contributed by atoms with E-state index in [1.54, 1.807) is 24.3 Å². The minimum Gasteiger partial charge on any atom is -0.393 e. The quantitative estimate of drug-likeness (QED) is 0.780. The summed E-state index contributed by atoms with van der Waals surface area (Å²) in [4.78, 5) is 26.7. The van der Waals surface area contributed by atoms with Crippen molar-refractivity contribution in [3.63, 3.8) is 0 Å². The molecule has 1 heterocycles. The van der Waals surface area contributed by atoms with E-state index in [4.69, 9.17) is 10.00 Å². The summed E-state index contributed by atoms with van der Waals surface area (Å²) in [7, 11) is 0. The summed E-state index contributed by atoms with van der Waals surface area (Å²) in [5.41, 5.74) is 0.906. The Morgan fingerprint density at radius 2 is 2.11 bits per heavy atom. The van der Waals surface area contributed by atoms with Crippen molar-refractivity contribution in [1.29, 1.82) is 5.26 Å². The summed E-state index contributed by atoms with van der Waals surface area (Å²) in [6.07, 6.45) is 3.26. The molecule has 7 heteroatoms. The fraction of sp³-hybridized carbons (Fsp3) is 0.571. The predicted molar refractivity (Wildman–Crippen MR) is 103 cm³/mol. The van der Waals surface area contributed by atoms with E-state index in [0.717, 1.165) is 19.3 Å². The van der Waals surface area contributed by atoms with Gasteiger partial charge in [-0.15, -0.1) is 0 Å². The van der Waals surface area contributed by atoms with Gasteiger partial charge in [-0.1, -0.05) is 18.6 Å². The second kappa shape index (κ2) is 9.67. The molecule has 1 aliphatic heterocycles. The van der Waals surface area contributed by atoms with Crippen molar-refractivity contribution in [3.8, 4) is 6.07 Å². The molecule has 28 heavy (non-hydrogen) atoms. The highest BCUT2D eigenvalue weighted by atomic mass is 16.5. The van der Waals surface area contributed by atoms with Gasteiger partial charge in [0, 0.05) is 25.3 Å². The van der Waals surface area contributed by atoms with E-state index >= 15 is 0 Å². The van der Waals surface area contributed by atoms with Crippen LogP contribution in [0.4, 0.5) is 5.69 Å². The smallest absolute Gasteiger partial charge is 0.224 e. The Labute approximate surface area is 165 Å². The lowest BCUT2D eigenvalue weighted by Gasteiger charge is -2.40. The largest absolute Gasteiger partial charge is 0.393 e.